The van der Waals surface area contributed by atoms with Crippen molar-refractivity contribution in [2.24, 2.45) is 0 Å². The van der Waals surface area contributed by atoms with E-state index in [9.17, 15) is 9.90 Å². The summed E-state index contributed by atoms with van der Waals surface area (Å²) in [7, 11) is 1.80. The van der Waals surface area contributed by atoms with Crippen molar-refractivity contribution in [1.29, 1.82) is 0 Å². The monoisotopic (exact) mass is 280 g/mol. The van der Waals surface area contributed by atoms with Crippen LogP contribution in [-0.2, 0) is 4.79 Å². The van der Waals surface area contributed by atoms with Gasteiger partial charge in [-0.3, -0.25) is 9.69 Å². The minimum Gasteiger partial charge on any atom is -0.494 e. The summed E-state index contributed by atoms with van der Waals surface area (Å²) in [5, 5.41) is 12.5. The fraction of sp³-hybridized carbons (Fsp3) is 0.533. The van der Waals surface area contributed by atoms with Crippen molar-refractivity contribution < 1.29 is 14.6 Å². The largest absolute Gasteiger partial charge is 0.494 e. The van der Waals surface area contributed by atoms with Gasteiger partial charge in [0.1, 0.15) is 5.75 Å². The quantitative estimate of drug-likeness (QED) is 0.798. The van der Waals surface area contributed by atoms with E-state index in [1.807, 2.05) is 19.1 Å². The maximum absolute atomic E-state index is 11.9. The highest BCUT2D eigenvalue weighted by Crippen LogP contribution is 2.15. The number of hydrogen-bond donors (Lipinski definition) is 2. The van der Waals surface area contributed by atoms with Gasteiger partial charge in [-0.15, -0.1) is 0 Å². The molecule has 0 saturated carbocycles. The van der Waals surface area contributed by atoms with E-state index in [1.165, 1.54) is 0 Å². The molecule has 0 unspecified atom stereocenters. The van der Waals surface area contributed by atoms with Crippen molar-refractivity contribution >= 4 is 11.6 Å². The molecule has 0 saturated heterocycles. The molecule has 1 rings (SSSR count). The Hall–Kier alpha value is -1.59. The molecule has 0 spiro atoms. The summed E-state index contributed by atoms with van der Waals surface area (Å²) in [6.45, 7) is 6.64. The lowest BCUT2D eigenvalue weighted by Crippen LogP contribution is -2.40. The van der Waals surface area contributed by atoms with Crippen LogP contribution in [0.2, 0.25) is 0 Å². The smallest absolute Gasteiger partial charge is 0.238 e. The first-order chi connectivity index (χ1) is 9.30. The molecule has 20 heavy (non-hydrogen) atoms. The number of nitrogens with zero attached hydrogens (tertiary/aromatic N) is 1. The van der Waals surface area contributed by atoms with E-state index in [1.54, 1.807) is 37.9 Å². The van der Waals surface area contributed by atoms with Gasteiger partial charge < -0.3 is 15.2 Å². The van der Waals surface area contributed by atoms with Crippen LogP contribution in [-0.4, -0.2) is 48.3 Å². The van der Waals surface area contributed by atoms with Crippen LogP contribution >= 0.6 is 0 Å². The highest BCUT2D eigenvalue weighted by molar-refractivity contribution is 5.92. The average molecular weight is 280 g/mol. The van der Waals surface area contributed by atoms with E-state index >= 15 is 0 Å². The number of anilines is 1. The summed E-state index contributed by atoms with van der Waals surface area (Å²) in [4.78, 5) is 13.6. The van der Waals surface area contributed by atoms with Gasteiger partial charge >= 0.3 is 0 Å². The van der Waals surface area contributed by atoms with Crippen LogP contribution < -0.4 is 10.1 Å². The Bertz CT molecular complexity index is 424. The number of carbonyl (C=O) groups excluding carboxylic acids is 1. The van der Waals surface area contributed by atoms with Crippen LogP contribution in [0.5, 0.6) is 5.75 Å². The zero-order valence-electron chi connectivity index (χ0n) is 12.6. The van der Waals surface area contributed by atoms with Crippen LogP contribution in [0, 0.1) is 0 Å². The summed E-state index contributed by atoms with van der Waals surface area (Å²) in [6, 6.07) is 7.25. The van der Waals surface area contributed by atoms with Gasteiger partial charge in [0.25, 0.3) is 0 Å². The zero-order valence-corrected chi connectivity index (χ0v) is 12.6. The minimum atomic E-state index is -0.811. The van der Waals surface area contributed by atoms with E-state index in [2.05, 4.69) is 5.32 Å². The lowest BCUT2D eigenvalue weighted by atomic mass is 10.1. The van der Waals surface area contributed by atoms with Gasteiger partial charge in [-0.1, -0.05) is 0 Å². The first-order valence-corrected chi connectivity index (χ1v) is 6.74. The molecule has 0 aliphatic heterocycles. The first kappa shape index (κ1) is 16.5. The third kappa shape index (κ3) is 6.54. The summed E-state index contributed by atoms with van der Waals surface area (Å²) in [6.07, 6.45) is 0. The Labute approximate surface area is 120 Å². The molecule has 2 N–H and O–H groups in total. The second-order valence-corrected chi connectivity index (χ2v) is 5.49. The van der Waals surface area contributed by atoms with Crippen LogP contribution in [0.15, 0.2) is 24.3 Å². The van der Waals surface area contributed by atoms with Crippen molar-refractivity contribution in [3.63, 3.8) is 0 Å². The maximum Gasteiger partial charge on any atom is 0.238 e. The van der Waals surface area contributed by atoms with Crippen molar-refractivity contribution in [2.45, 2.75) is 26.4 Å². The van der Waals surface area contributed by atoms with E-state index < -0.39 is 5.60 Å². The lowest BCUT2D eigenvalue weighted by Gasteiger charge is -2.24. The van der Waals surface area contributed by atoms with Crippen molar-refractivity contribution in [3.8, 4) is 5.75 Å². The summed E-state index contributed by atoms with van der Waals surface area (Å²) >= 11 is 0. The SMILES string of the molecule is CCOc1ccc(NC(=O)CN(C)CC(C)(C)O)cc1. The predicted octanol–water partition coefficient (Wildman–Crippen LogP) is 1.73. The molecule has 0 radical (unpaired) electrons. The number of hydrogen-bond acceptors (Lipinski definition) is 4. The molecule has 0 aromatic heterocycles. The van der Waals surface area contributed by atoms with Crippen LogP contribution in [0.4, 0.5) is 5.69 Å². The molecular weight excluding hydrogens is 256 g/mol. The number of likely N-dealkylation sites (N-methyl/N-ethyl adjacent to an activating group) is 1. The molecule has 0 bridgehead atoms. The number of aliphatic hydroxyl groups is 1. The zero-order chi connectivity index (χ0) is 15.2. The molecule has 0 aliphatic rings. The normalized spacial score (nSPS) is 11.5. The molecular formula is C15H24N2O3. The van der Waals surface area contributed by atoms with Gasteiger partial charge in [0.15, 0.2) is 0 Å². The maximum atomic E-state index is 11.9. The number of carbonyl (C=O) groups is 1. The molecule has 5 nitrogen and oxygen atoms in total. The number of nitrogens with one attached hydrogen (secondary N) is 1. The highest BCUT2D eigenvalue weighted by atomic mass is 16.5. The van der Waals surface area contributed by atoms with Crippen LogP contribution in [0.25, 0.3) is 0 Å². The molecule has 5 heteroatoms. The van der Waals surface area contributed by atoms with E-state index in [0.717, 1.165) is 11.4 Å². The van der Waals surface area contributed by atoms with E-state index in [4.69, 9.17) is 4.74 Å². The summed E-state index contributed by atoms with van der Waals surface area (Å²) in [5.41, 5.74) is -0.0798. The fourth-order valence-corrected chi connectivity index (χ4v) is 1.96. The topological polar surface area (TPSA) is 61.8 Å². The number of benzene rings is 1. The Kier molecular flexibility index (Phi) is 5.98. The van der Waals surface area contributed by atoms with Gasteiger partial charge in [-0.25, -0.2) is 0 Å². The second kappa shape index (κ2) is 7.26. The third-order valence-electron chi connectivity index (χ3n) is 2.52. The minimum absolute atomic E-state index is 0.110. The number of rotatable bonds is 7. The van der Waals surface area contributed by atoms with E-state index in [0.29, 0.717) is 13.2 Å². The molecule has 1 aromatic carbocycles. The number of amides is 1. The summed E-state index contributed by atoms with van der Waals surface area (Å²) in [5.74, 6) is 0.672. The van der Waals surface area contributed by atoms with Crippen molar-refractivity contribution in [3.05, 3.63) is 24.3 Å². The van der Waals surface area contributed by atoms with Gasteiger partial charge in [0.05, 0.1) is 18.8 Å². The van der Waals surface area contributed by atoms with Gasteiger partial charge in [0.2, 0.25) is 5.91 Å². The molecule has 1 amide bonds. The molecule has 0 heterocycles. The third-order valence-corrected chi connectivity index (χ3v) is 2.52. The van der Waals surface area contributed by atoms with Crippen molar-refractivity contribution in [1.82, 2.24) is 4.90 Å². The Morgan fingerprint density at radius 1 is 1.35 bits per heavy atom. The van der Waals surface area contributed by atoms with Gasteiger partial charge in [0, 0.05) is 12.2 Å². The Morgan fingerprint density at radius 2 is 1.95 bits per heavy atom. The van der Waals surface area contributed by atoms with Crippen LogP contribution in [0.3, 0.4) is 0 Å². The molecule has 112 valence electrons. The Balaban J connectivity index is 2.45. The lowest BCUT2D eigenvalue weighted by molar-refractivity contribution is -0.117. The second-order valence-electron chi connectivity index (χ2n) is 5.49. The molecule has 0 aliphatic carbocycles. The average Bonchev–Trinajstić information content (AvgIpc) is 2.29. The highest BCUT2D eigenvalue weighted by Gasteiger charge is 2.17. The standard InChI is InChI=1S/C15H24N2O3/c1-5-20-13-8-6-12(7-9-13)16-14(18)10-17(4)11-15(2,3)19/h6-9,19H,5,10-11H2,1-4H3,(H,16,18). The van der Waals surface area contributed by atoms with Crippen LogP contribution in [0.1, 0.15) is 20.8 Å². The molecule has 1 aromatic rings. The Morgan fingerprint density at radius 3 is 2.45 bits per heavy atom. The van der Waals surface area contributed by atoms with E-state index in [-0.39, 0.29) is 12.5 Å². The van der Waals surface area contributed by atoms with Gasteiger partial charge in [-0.2, -0.15) is 0 Å². The molecule has 0 atom stereocenters. The van der Waals surface area contributed by atoms with Crippen molar-refractivity contribution in [2.75, 3.05) is 32.1 Å². The first-order valence-electron chi connectivity index (χ1n) is 6.74. The predicted molar refractivity (Wildman–Crippen MR) is 80.0 cm³/mol. The summed E-state index contributed by atoms with van der Waals surface area (Å²) < 4.78 is 5.34. The van der Waals surface area contributed by atoms with Gasteiger partial charge in [-0.05, 0) is 52.1 Å². The molecule has 0 fully saturated rings. The fourth-order valence-electron chi connectivity index (χ4n) is 1.96. The number of ether oxygens (including phenoxy) is 1.